The fourth-order valence-electron chi connectivity index (χ4n) is 3.25. The molecule has 136 valence electrons. The Bertz CT molecular complexity index is 963. The van der Waals surface area contributed by atoms with E-state index in [1.807, 2.05) is 51.2 Å². The first-order chi connectivity index (χ1) is 12.4. The van der Waals surface area contributed by atoms with Crippen molar-refractivity contribution < 1.29 is 9.53 Å². The van der Waals surface area contributed by atoms with Gasteiger partial charge in [-0.15, -0.1) is 16.7 Å². The van der Waals surface area contributed by atoms with Crippen molar-refractivity contribution in [3.05, 3.63) is 47.5 Å². The molecule has 0 aliphatic carbocycles. The lowest BCUT2D eigenvalue weighted by Gasteiger charge is -2.23. The molecule has 2 aromatic carbocycles. The topological polar surface area (TPSA) is 57.0 Å². The number of carbonyl (C=O) groups is 1. The molecule has 3 rings (SSSR count). The smallest absolute Gasteiger partial charge is 0.311 e. The molecule has 26 heavy (non-hydrogen) atoms. The van der Waals surface area contributed by atoms with Gasteiger partial charge in [0.05, 0.1) is 18.0 Å². The van der Waals surface area contributed by atoms with Crippen LogP contribution in [-0.2, 0) is 28.9 Å². The Kier molecular flexibility index (Phi) is 5.01. The van der Waals surface area contributed by atoms with Gasteiger partial charge in [-0.3, -0.25) is 4.79 Å². The van der Waals surface area contributed by atoms with Crippen LogP contribution >= 0.6 is 11.6 Å². The number of esters is 1. The van der Waals surface area contributed by atoms with Gasteiger partial charge in [0, 0.05) is 18.5 Å². The molecule has 5 nitrogen and oxygen atoms in total. The highest BCUT2D eigenvalue weighted by Crippen LogP contribution is 2.35. The third kappa shape index (κ3) is 3.31. The van der Waals surface area contributed by atoms with Crippen LogP contribution in [0.5, 0.6) is 0 Å². The number of aryl methyl sites for hydroxylation is 1. The second-order valence-corrected chi connectivity index (χ2v) is 7.33. The van der Waals surface area contributed by atoms with Gasteiger partial charge in [-0.05, 0) is 49.1 Å². The first-order valence-electron chi connectivity index (χ1n) is 8.42. The maximum Gasteiger partial charge on any atom is 0.311 e. The second kappa shape index (κ2) is 7.08. The number of halogens is 1. The van der Waals surface area contributed by atoms with Gasteiger partial charge in [0.1, 0.15) is 5.52 Å². The number of hydrogen-bond acceptors (Lipinski definition) is 4. The molecule has 1 aromatic heterocycles. The third-order valence-electron chi connectivity index (χ3n) is 4.61. The second-order valence-electron chi connectivity index (χ2n) is 7.07. The van der Waals surface area contributed by atoms with Crippen LogP contribution in [-0.4, -0.2) is 28.1 Å². The Morgan fingerprint density at radius 2 is 2.04 bits per heavy atom. The van der Waals surface area contributed by atoms with E-state index in [1.54, 1.807) is 4.68 Å². The Balaban J connectivity index is 2.21. The predicted octanol–water partition coefficient (Wildman–Crippen LogP) is 4.12. The van der Waals surface area contributed by atoms with Crippen LogP contribution in [0.3, 0.4) is 0 Å². The number of aromatic nitrogens is 3. The standard InChI is InChI=1S/C20H22ClN3O2/c1-20(2,19(25)26-4)11-15-8-9-16-18(22-23-24(16)3)17(15)14-7-5-6-13(10-14)12-21/h5-10H,11-12H2,1-4H3. The number of hydrogen-bond donors (Lipinski definition) is 0. The summed E-state index contributed by atoms with van der Waals surface area (Å²) >= 11 is 6.02. The Morgan fingerprint density at radius 3 is 2.73 bits per heavy atom. The summed E-state index contributed by atoms with van der Waals surface area (Å²) in [5, 5.41) is 8.53. The highest BCUT2D eigenvalue weighted by molar-refractivity contribution is 6.17. The van der Waals surface area contributed by atoms with Crippen molar-refractivity contribution in [2.24, 2.45) is 12.5 Å². The molecule has 0 radical (unpaired) electrons. The molecule has 0 atom stereocenters. The molecule has 6 heteroatoms. The van der Waals surface area contributed by atoms with Crippen LogP contribution in [0.1, 0.15) is 25.0 Å². The SMILES string of the molecule is COC(=O)C(C)(C)Cc1ccc2c(nnn2C)c1-c1cccc(CCl)c1. The molecular weight excluding hydrogens is 350 g/mol. The molecular formula is C20H22ClN3O2. The Morgan fingerprint density at radius 1 is 1.27 bits per heavy atom. The van der Waals surface area contributed by atoms with Gasteiger partial charge < -0.3 is 4.74 Å². The van der Waals surface area contributed by atoms with Gasteiger partial charge in [-0.1, -0.05) is 29.5 Å². The normalized spacial score (nSPS) is 11.7. The first kappa shape index (κ1) is 18.4. The molecule has 0 aliphatic rings. The molecule has 0 N–H and O–H groups in total. The van der Waals surface area contributed by atoms with Gasteiger partial charge >= 0.3 is 5.97 Å². The summed E-state index contributed by atoms with van der Waals surface area (Å²) in [5.74, 6) is 0.199. The Hall–Kier alpha value is -2.40. The lowest BCUT2D eigenvalue weighted by molar-refractivity contribution is -0.150. The predicted molar refractivity (Wildman–Crippen MR) is 103 cm³/mol. The van der Waals surface area contributed by atoms with Crippen LogP contribution in [0.15, 0.2) is 36.4 Å². The van der Waals surface area contributed by atoms with Crippen molar-refractivity contribution in [1.82, 2.24) is 15.0 Å². The molecule has 0 spiro atoms. The van der Waals surface area contributed by atoms with E-state index in [9.17, 15) is 4.79 Å². The van der Waals surface area contributed by atoms with E-state index in [0.717, 1.165) is 33.3 Å². The number of benzene rings is 2. The van der Waals surface area contributed by atoms with Crippen LogP contribution in [0.4, 0.5) is 0 Å². The number of carbonyl (C=O) groups excluding carboxylic acids is 1. The molecule has 0 unspecified atom stereocenters. The average molecular weight is 372 g/mol. The Labute approximate surface area is 157 Å². The number of nitrogens with zero attached hydrogens (tertiary/aromatic N) is 3. The number of rotatable bonds is 5. The van der Waals surface area contributed by atoms with E-state index in [1.165, 1.54) is 7.11 Å². The van der Waals surface area contributed by atoms with Crippen LogP contribution in [0.25, 0.3) is 22.2 Å². The zero-order valence-corrected chi connectivity index (χ0v) is 16.2. The molecule has 3 aromatic rings. The van der Waals surface area contributed by atoms with Crippen LogP contribution in [0, 0.1) is 5.41 Å². The van der Waals surface area contributed by atoms with Crippen molar-refractivity contribution in [3.8, 4) is 11.1 Å². The third-order valence-corrected chi connectivity index (χ3v) is 4.92. The maximum atomic E-state index is 12.2. The summed E-state index contributed by atoms with van der Waals surface area (Å²) in [5.41, 5.74) is 5.17. The van der Waals surface area contributed by atoms with Crippen LogP contribution < -0.4 is 0 Å². The summed E-state index contributed by atoms with van der Waals surface area (Å²) in [6, 6.07) is 12.1. The first-order valence-corrected chi connectivity index (χ1v) is 8.96. The van der Waals surface area contributed by atoms with E-state index in [0.29, 0.717) is 12.3 Å². The molecule has 0 saturated heterocycles. The minimum atomic E-state index is -0.649. The molecule has 0 amide bonds. The number of alkyl halides is 1. The van der Waals surface area contributed by atoms with Crippen LogP contribution in [0.2, 0.25) is 0 Å². The van der Waals surface area contributed by atoms with E-state index in [4.69, 9.17) is 16.3 Å². The lowest BCUT2D eigenvalue weighted by atomic mass is 9.82. The maximum absolute atomic E-state index is 12.2. The average Bonchev–Trinajstić information content (AvgIpc) is 3.01. The molecule has 1 heterocycles. The fourth-order valence-corrected chi connectivity index (χ4v) is 3.41. The van der Waals surface area contributed by atoms with Gasteiger partial charge in [0.25, 0.3) is 0 Å². The molecule has 0 bridgehead atoms. The van der Waals surface area contributed by atoms with Crippen molar-refractivity contribution in [1.29, 1.82) is 0 Å². The highest BCUT2D eigenvalue weighted by Gasteiger charge is 2.30. The zero-order chi connectivity index (χ0) is 18.9. The quantitative estimate of drug-likeness (QED) is 0.500. The fraction of sp³-hybridized carbons (Fsp3) is 0.350. The van der Waals surface area contributed by atoms with E-state index in [2.05, 4.69) is 16.4 Å². The molecule has 0 aliphatic heterocycles. The summed E-state index contributed by atoms with van der Waals surface area (Å²) in [6.07, 6.45) is 0.534. The largest absolute Gasteiger partial charge is 0.469 e. The van der Waals surface area contributed by atoms with Gasteiger partial charge in [-0.25, -0.2) is 4.68 Å². The minimum absolute atomic E-state index is 0.239. The van der Waals surface area contributed by atoms with Crippen molar-refractivity contribution >= 4 is 28.6 Å². The van der Waals surface area contributed by atoms with Crippen molar-refractivity contribution in [3.63, 3.8) is 0 Å². The highest BCUT2D eigenvalue weighted by atomic mass is 35.5. The number of ether oxygens (including phenoxy) is 1. The van der Waals surface area contributed by atoms with E-state index in [-0.39, 0.29) is 5.97 Å². The van der Waals surface area contributed by atoms with Gasteiger partial charge in [-0.2, -0.15) is 0 Å². The molecule has 0 saturated carbocycles. The van der Waals surface area contributed by atoms with Gasteiger partial charge in [0.2, 0.25) is 0 Å². The lowest BCUT2D eigenvalue weighted by Crippen LogP contribution is -2.28. The van der Waals surface area contributed by atoms with Gasteiger partial charge in [0.15, 0.2) is 0 Å². The number of methoxy groups -OCH3 is 1. The van der Waals surface area contributed by atoms with Crippen molar-refractivity contribution in [2.45, 2.75) is 26.1 Å². The summed E-state index contributed by atoms with van der Waals surface area (Å²) < 4.78 is 6.72. The van der Waals surface area contributed by atoms with E-state index >= 15 is 0 Å². The monoisotopic (exact) mass is 371 g/mol. The van der Waals surface area contributed by atoms with Crippen molar-refractivity contribution in [2.75, 3.05) is 7.11 Å². The summed E-state index contributed by atoms with van der Waals surface area (Å²) in [6.45, 7) is 3.78. The summed E-state index contributed by atoms with van der Waals surface area (Å²) in [7, 11) is 3.28. The van der Waals surface area contributed by atoms with E-state index < -0.39 is 5.41 Å². The summed E-state index contributed by atoms with van der Waals surface area (Å²) in [4.78, 5) is 12.2. The molecule has 0 fully saturated rings. The minimum Gasteiger partial charge on any atom is -0.469 e. The zero-order valence-electron chi connectivity index (χ0n) is 15.4. The number of fused-ring (bicyclic) bond motifs is 1.